The van der Waals surface area contributed by atoms with Gasteiger partial charge >= 0.3 is 0 Å². The maximum atomic E-state index is 12.8. The van der Waals surface area contributed by atoms with Crippen molar-refractivity contribution in [1.29, 1.82) is 0 Å². The molecule has 0 fully saturated rings. The van der Waals surface area contributed by atoms with E-state index in [-0.39, 0.29) is 5.91 Å². The fourth-order valence-electron chi connectivity index (χ4n) is 4.77. The maximum Gasteiger partial charge on any atom is 0.271 e. The highest BCUT2D eigenvalue weighted by Gasteiger charge is 2.11. The van der Waals surface area contributed by atoms with E-state index in [9.17, 15) is 4.79 Å². The van der Waals surface area contributed by atoms with Gasteiger partial charge in [-0.15, -0.1) is 11.3 Å². The molecule has 2 heterocycles. The zero-order chi connectivity index (χ0) is 28.3. The van der Waals surface area contributed by atoms with Crippen molar-refractivity contribution in [2.24, 2.45) is 5.10 Å². The molecule has 0 aliphatic rings. The highest BCUT2D eigenvalue weighted by atomic mass is 35.5. The summed E-state index contributed by atoms with van der Waals surface area (Å²) in [6, 6.07) is 31.6. The van der Waals surface area contributed by atoms with E-state index in [4.69, 9.17) is 11.6 Å². The lowest BCUT2D eigenvalue weighted by atomic mass is 10.1. The smallest absolute Gasteiger partial charge is 0.271 e. The summed E-state index contributed by atoms with van der Waals surface area (Å²) in [7, 11) is 0. The number of nitrogens with one attached hydrogen (secondary N) is 2. The highest BCUT2D eigenvalue weighted by Crippen LogP contribution is 2.28. The first-order valence-electron chi connectivity index (χ1n) is 13.0. The summed E-state index contributed by atoms with van der Waals surface area (Å²) < 4.78 is 2.20. The zero-order valence-corrected chi connectivity index (χ0v) is 24.0. The zero-order valence-electron chi connectivity index (χ0n) is 22.4. The number of nitrogens with zero attached hydrogens (tertiary/aromatic N) is 3. The first-order valence-corrected chi connectivity index (χ1v) is 14.3. The third-order valence-electron chi connectivity index (χ3n) is 6.87. The van der Waals surface area contributed by atoms with Gasteiger partial charge in [-0.2, -0.15) is 5.10 Å². The number of anilines is 2. The van der Waals surface area contributed by atoms with Gasteiger partial charge < -0.3 is 9.88 Å². The van der Waals surface area contributed by atoms with Crippen LogP contribution in [0.3, 0.4) is 0 Å². The van der Waals surface area contributed by atoms with Gasteiger partial charge in [-0.3, -0.25) is 4.79 Å². The summed E-state index contributed by atoms with van der Waals surface area (Å²) in [4.78, 5) is 17.4. The lowest BCUT2D eigenvalue weighted by molar-refractivity contribution is 0.0955. The van der Waals surface area contributed by atoms with Crippen LogP contribution in [0.15, 0.2) is 108 Å². The molecule has 6 nitrogen and oxygen atoms in total. The van der Waals surface area contributed by atoms with Crippen molar-refractivity contribution in [3.63, 3.8) is 0 Å². The molecule has 2 N–H and O–H groups in total. The Kier molecular flexibility index (Phi) is 7.37. The van der Waals surface area contributed by atoms with E-state index in [1.54, 1.807) is 18.3 Å². The Morgan fingerprint density at radius 2 is 1.68 bits per heavy atom. The van der Waals surface area contributed by atoms with Crippen molar-refractivity contribution in [2.45, 2.75) is 13.8 Å². The van der Waals surface area contributed by atoms with Gasteiger partial charge in [-0.1, -0.05) is 54.1 Å². The van der Waals surface area contributed by atoms with Gasteiger partial charge in [-0.05, 0) is 79.2 Å². The minimum absolute atomic E-state index is 0.278. The summed E-state index contributed by atoms with van der Waals surface area (Å²) in [6.45, 7) is 4.12. The van der Waals surface area contributed by atoms with Crippen LogP contribution in [-0.2, 0) is 0 Å². The van der Waals surface area contributed by atoms with Crippen LogP contribution in [0.4, 0.5) is 10.8 Å². The molecule has 0 atom stereocenters. The van der Waals surface area contributed by atoms with Gasteiger partial charge in [-0.25, -0.2) is 10.4 Å². The number of rotatable bonds is 7. The standard InChI is InChI=1S/C33H26ClN5OS/c1-21-17-27(22(2)39(21)30-16-11-23-5-3-4-6-26(23)18-30)19-35-38-32(40)25-9-7-24(8-10-25)31-20-41-33(37-31)36-29-14-12-28(34)13-15-29/h3-20H,1-2H3,(H,36,37)(H,38,40)/b35-19-. The normalized spacial score (nSPS) is 11.3. The molecular formula is C33H26ClN5OS. The summed E-state index contributed by atoms with van der Waals surface area (Å²) in [5.74, 6) is -0.278. The van der Waals surface area contributed by atoms with Crippen molar-refractivity contribution in [2.75, 3.05) is 5.32 Å². The second kappa shape index (κ2) is 11.4. The molecule has 2 aromatic heterocycles. The number of thiazole rings is 1. The number of hydrogen-bond donors (Lipinski definition) is 2. The average Bonchev–Trinajstić information content (AvgIpc) is 3.57. The van der Waals surface area contributed by atoms with Crippen molar-refractivity contribution in [3.8, 4) is 16.9 Å². The minimum atomic E-state index is -0.278. The van der Waals surface area contributed by atoms with Crippen LogP contribution in [0.2, 0.25) is 5.02 Å². The molecule has 6 aromatic rings. The molecule has 0 bridgehead atoms. The quantitative estimate of drug-likeness (QED) is 0.148. The van der Waals surface area contributed by atoms with Crippen molar-refractivity contribution < 1.29 is 4.79 Å². The Morgan fingerprint density at radius 3 is 2.46 bits per heavy atom. The molecule has 6 rings (SSSR count). The predicted molar refractivity (Wildman–Crippen MR) is 170 cm³/mol. The third kappa shape index (κ3) is 5.77. The van der Waals surface area contributed by atoms with E-state index < -0.39 is 0 Å². The number of aryl methyl sites for hydroxylation is 1. The second-order valence-electron chi connectivity index (χ2n) is 9.64. The Bertz CT molecular complexity index is 1890. The Balaban J connectivity index is 1.11. The number of halogens is 1. The number of fused-ring (bicyclic) bond motifs is 1. The molecule has 0 saturated heterocycles. The maximum absolute atomic E-state index is 12.8. The van der Waals surface area contributed by atoms with Crippen LogP contribution in [-0.4, -0.2) is 21.7 Å². The van der Waals surface area contributed by atoms with Gasteiger partial charge in [0.2, 0.25) is 0 Å². The Labute approximate surface area is 247 Å². The second-order valence-corrected chi connectivity index (χ2v) is 10.9. The van der Waals surface area contributed by atoms with Gasteiger partial charge in [0.25, 0.3) is 5.91 Å². The van der Waals surface area contributed by atoms with Gasteiger partial charge in [0.1, 0.15) is 0 Å². The number of carbonyl (C=O) groups is 1. The molecule has 202 valence electrons. The monoisotopic (exact) mass is 575 g/mol. The SMILES string of the molecule is Cc1cc(/C=N\NC(=O)c2ccc(-c3csc(Nc4ccc(Cl)cc4)n3)cc2)c(C)n1-c1ccc2ccccc2c1. The third-order valence-corrected chi connectivity index (χ3v) is 7.88. The lowest BCUT2D eigenvalue weighted by Crippen LogP contribution is -2.17. The van der Waals surface area contributed by atoms with Crippen molar-refractivity contribution >= 4 is 56.7 Å². The molecule has 8 heteroatoms. The van der Waals surface area contributed by atoms with Crippen molar-refractivity contribution in [1.82, 2.24) is 15.0 Å². The molecular weight excluding hydrogens is 550 g/mol. The highest BCUT2D eigenvalue weighted by molar-refractivity contribution is 7.14. The number of hydrogen-bond acceptors (Lipinski definition) is 5. The van der Waals surface area contributed by atoms with Gasteiger partial charge in [0.05, 0.1) is 11.9 Å². The van der Waals surface area contributed by atoms with E-state index in [1.807, 2.05) is 53.9 Å². The summed E-state index contributed by atoms with van der Waals surface area (Å²) in [6.07, 6.45) is 1.69. The van der Waals surface area contributed by atoms with Gasteiger partial charge in [0, 0.05) is 49.9 Å². The number of benzene rings is 4. The van der Waals surface area contributed by atoms with Crippen LogP contribution in [0.25, 0.3) is 27.7 Å². The fraction of sp³-hybridized carbons (Fsp3) is 0.0606. The molecule has 4 aromatic carbocycles. The Morgan fingerprint density at radius 1 is 0.927 bits per heavy atom. The van der Waals surface area contributed by atoms with Crippen LogP contribution in [0.1, 0.15) is 27.3 Å². The minimum Gasteiger partial charge on any atom is -0.332 e. The first kappa shape index (κ1) is 26.5. The van der Waals surface area contributed by atoms with Crippen molar-refractivity contribution in [3.05, 3.63) is 130 Å². The van der Waals surface area contributed by atoms with Gasteiger partial charge in [0.15, 0.2) is 5.13 Å². The average molecular weight is 576 g/mol. The number of aromatic nitrogens is 2. The van der Waals surface area contributed by atoms with E-state index >= 15 is 0 Å². The van der Waals surface area contributed by atoms with E-state index in [0.717, 1.165) is 44.7 Å². The first-order chi connectivity index (χ1) is 19.9. The molecule has 0 radical (unpaired) electrons. The van der Waals surface area contributed by atoms with E-state index in [0.29, 0.717) is 10.6 Å². The molecule has 41 heavy (non-hydrogen) atoms. The fourth-order valence-corrected chi connectivity index (χ4v) is 5.64. The molecule has 0 unspecified atom stereocenters. The molecule has 0 spiro atoms. The lowest BCUT2D eigenvalue weighted by Gasteiger charge is -2.11. The molecule has 0 saturated carbocycles. The van der Waals surface area contributed by atoms with Crippen LogP contribution in [0, 0.1) is 13.8 Å². The van der Waals surface area contributed by atoms with E-state index in [2.05, 4.69) is 75.6 Å². The largest absolute Gasteiger partial charge is 0.332 e. The predicted octanol–water partition coefficient (Wildman–Crippen LogP) is 8.53. The molecule has 0 aliphatic heterocycles. The summed E-state index contributed by atoms with van der Waals surface area (Å²) in [5.41, 5.74) is 10.0. The van der Waals surface area contributed by atoms with Crippen LogP contribution < -0.4 is 10.7 Å². The topological polar surface area (TPSA) is 71.3 Å². The molecule has 1 amide bonds. The van der Waals surface area contributed by atoms with Crippen LogP contribution >= 0.6 is 22.9 Å². The number of amides is 1. The number of hydrazone groups is 1. The number of carbonyl (C=O) groups excluding carboxylic acids is 1. The summed E-state index contributed by atoms with van der Waals surface area (Å²) >= 11 is 7.47. The molecule has 0 aliphatic carbocycles. The van der Waals surface area contributed by atoms with Crippen LogP contribution in [0.5, 0.6) is 0 Å². The Hall–Kier alpha value is -4.72. The van der Waals surface area contributed by atoms with E-state index in [1.165, 1.54) is 22.1 Å². The summed E-state index contributed by atoms with van der Waals surface area (Å²) in [5, 5.41) is 13.4.